The van der Waals surface area contributed by atoms with Gasteiger partial charge in [-0.25, -0.2) is 0 Å². The van der Waals surface area contributed by atoms with Gasteiger partial charge in [0.1, 0.15) is 30.2 Å². The molecule has 298 valence electrons. The molecule has 2 heterocycles. The molecule has 4 rings (SSSR count). The highest BCUT2D eigenvalue weighted by molar-refractivity contribution is 6.08. The van der Waals surface area contributed by atoms with Crippen LogP contribution in [0.4, 0.5) is 5.69 Å². The van der Waals surface area contributed by atoms with Crippen molar-refractivity contribution in [3.05, 3.63) is 29.3 Å². The largest absolute Gasteiger partial charge is 0.394 e. The lowest BCUT2D eigenvalue weighted by molar-refractivity contribution is -0.142. The topological polar surface area (TPSA) is 262 Å². The minimum absolute atomic E-state index is 0.115. The molecule has 17 nitrogen and oxygen atoms in total. The Kier molecular flexibility index (Phi) is 15.2. The van der Waals surface area contributed by atoms with Crippen LogP contribution in [0.25, 0.3) is 0 Å². The number of anilines is 1. The number of guanidine groups is 1. The number of para-hydroxylation sites is 1. The van der Waals surface area contributed by atoms with Gasteiger partial charge in [0, 0.05) is 26.9 Å². The number of likely N-dealkylation sites (N-methyl/N-ethyl adjacent to an activating group) is 1. The van der Waals surface area contributed by atoms with E-state index in [1.165, 1.54) is 30.7 Å². The molecule has 2 aliphatic heterocycles. The summed E-state index contributed by atoms with van der Waals surface area (Å²) in [6.45, 7) is 2.08. The van der Waals surface area contributed by atoms with Gasteiger partial charge >= 0.3 is 0 Å². The lowest BCUT2D eigenvalue weighted by Gasteiger charge is -2.32. The first-order chi connectivity index (χ1) is 25.7. The maximum atomic E-state index is 14.1. The molecule has 0 bridgehead atoms. The summed E-state index contributed by atoms with van der Waals surface area (Å²) in [6.07, 6.45) is 6.96. The summed E-state index contributed by atoms with van der Waals surface area (Å²) in [4.78, 5) is 87.6. The molecule has 17 heteroatoms. The fourth-order valence-electron chi connectivity index (χ4n) is 7.59. The van der Waals surface area contributed by atoms with Gasteiger partial charge < -0.3 is 47.8 Å². The van der Waals surface area contributed by atoms with Crippen molar-refractivity contribution < 1.29 is 39.0 Å². The van der Waals surface area contributed by atoms with Crippen LogP contribution in [0.2, 0.25) is 0 Å². The number of hydrogen-bond acceptors (Lipinski definition) is 9. The molecule has 3 aliphatic rings. The van der Waals surface area contributed by atoms with E-state index in [0.29, 0.717) is 24.9 Å². The van der Waals surface area contributed by atoms with Gasteiger partial charge in [-0.1, -0.05) is 50.3 Å². The summed E-state index contributed by atoms with van der Waals surface area (Å²) in [6, 6.07) is -0.333. The number of nitrogens with one attached hydrogen (secondary N) is 4. The van der Waals surface area contributed by atoms with E-state index in [9.17, 15) is 39.0 Å². The number of aliphatic hydroxyl groups is 2. The third-order valence-electron chi connectivity index (χ3n) is 10.7. The molecule has 10 N–H and O–H groups in total. The second-order valence-corrected chi connectivity index (χ2v) is 14.7. The molecule has 6 amide bonds. The molecule has 5 atom stereocenters. The first-order valence-electron chi connectivity index (χ1n) is 18.9. The molecule has 0 aromatic heterocycles. The van der Waals surface area contributed by atoms with Gasteiger partial charge in [-0.3, -0.25) is 38.7 Å². The lowest BCUT2D eigenvalue weighted by atomic mass is 9.84. The van der Waals surface area contributed by atoms with Crippen molar-refractivity contribution in [3.63, 3.8) is 0 Å². The number of aryl methyl sites for hydroxylation is 1. The Morgan fingerprint density at radius 3 is 2.30 bits per heavy atom. The Morgan fingerprint density at radius 1 is 0.963 bits per heavy atom. The normalized spacial score (nSPS) is 19.8. The van der Waals surface area contributed by atoms with Gasteiger partial charge in [0.15, 0.2) is 5.96 Å². The van der Waals surface area contributed by atoms with Gasteiger partial charge in [-0.05, 0) is 56.1 Å². The van der Waals surface area contributed by atoms with Gasteiger partial charge in [0.25, 0.3) is 0 Å². The Labute approximate surface area is 316 Å². The van der Waals surface area contributed by atoms with Gasteiger partial charge in [-0.2, -0.15) is 0 Å². The van der Waals surface area contributed by atoms with Crippen LogP contribution in [0, 0.1) is 5.92 Å². The van der Waals surface area contributed by atoms with Crippen molar-refractivity contribution in [2.24, 2.45) is 22.4 Å². The van der Waals surface area contributed by atoms with Crippen LogP contribution in [0.3, 0.4) is 0 Å². The summed E-state index contributed by atoms with van der Waals surface area (Å²) in [5, 5.41) is 30.0. The molecular formula is C37H57N9O8. The quantitative estimate of drug-likeness (QED) is 0.0530. The molecular weight excluding hydrogens is 698 g/mol. The van der Waals surface area contributed by atoms with E-state index in [2.05, 4.69) is 26.3 Å². The zero-order chi connectivity index (χ0) is 39.5. The van der Waals surface area contributed by atoms with Crippen molar-refractivity contribution in [1.29, 1.82) is 0 Å². The van der Waals surface area contributed by atoms with Gasteiger partial charge in [0.2, 0.25) is 35.4 Å². The summed E-state index contributed by atoms with van der Waals surface area (Å²) in [5.41, 5.74) is 13.2. The number of aliphatic hydroxyl groups excluding tert-OH is 2. The first kappa shape index (κ1) is 42.0. The van der Waals surface area contributed by atoms with E-state index in [1.54, 1.807) is 0 Å². The lowest BCUT2D eigenvalue weighted by Crippen LogP contribution is -2.59. The number of hydrogen-bond donors (Lipinski definition) is 8. The molecule has 0 spiro atoms. The third-order valence-corrected chi connectivity index (χ3v) is 10.7. The third kappa shape index (κ3) is 10.7. The van der Waals surface area contributed by atoms with E-state index in [0.717, 1.165) is 43.2 Å². The van der Waals surface area contributed by atoms with Crippen LogP contribution in [-0.2, 0) is 41.6 Å². The molecule has 0 unspecified atom stereocenters. The minimum Gasteiger partial charge on any atom is -0.394 e. The minimum atomic E-state index is -1.08. The molecule has 1 aliphatic carbocycles. The number of rotatable bonds is 17. The number of nitrogens with zero attached hydrogens (tertiary/aromatic N) is 3. The highest BCUT2D eigenvalue weighted by Crippen LogP contribution is 2.39. The number of amides is 6. The molecule has 1 aromatic rings. The Hall–Kier alpha value is -4.77. The zero-order valence-corrected chi connectivity index (χ0v) is 31.5. The van der Waals surface area contributed by atoms with Crippen LogP contribution in [0.15, 0.2) is 23.2 Å². The van der Waals surface area contributed by atoms with E-state index < -0.39 is 79.0 Å². The average molecular weight is 756 g/mol. The second-order valence-electron chi connectivity index (χ2n) is 14.7. The SMILES string of the molecule is CC(=O)N[C@@H](CC1CCCCC1)C(=O)N[C@@H](CCCN=C(N)N)C(=O)N(C)[C@@H](C)C(=O)N[C@H]1CCc2cccc3c2N(C1=O)[C@H](C(=O)NC(CO)CO)C3. The van der Waals surface area contributed by atoms with E-state index in [-0.39, 0.29) is 43.6 Å². The maximum absolute atomic E-state index is 14.1. The Balaban J connectivity index is 1.48. The van der Waals surface area contributed by atoms with Crippen molar-refractivity contribution in [2.75, 3.05) is 31.7 Å². The summed E-state index contributed by atoms with van der Waals surface area (Å²) in [5.74, 6) is -2.93. The number of carbonyl (C=O) groups excluding carboxylic acids is 6. The van der Waals surface area contributed by atoms with Crippen molar-refractivity contribution in [3.8, 4) is 0 Å². The fraction of sp³-hybridized carbons (Fsp3) is 0.649. The standard InChI is InChI=1S/C37H57N9O8/c1-21(32(50)43-28-15-14-24-11-7-12-25-18-30(46(31(24)25)36(28)54)34(52)42-26(19-47)20-48)45(3)35(53)27(13-8-16-40-37(38)39)44-33(51)29(41-22(2)49)17-23-9-5-4-6-10-23/h7,11-12,21,23,26-30,47-48H,4-6,8-10,13-20H2,1-3H3,(H,41,49)(H,42,52)(H,43,50)(H,44,51)(H4,38,39,40)/t21-,27-,28-,29-,30-/m0/s1. The number of nitrogens with two attached hydrogens (primary N) is 2. The highest BCUT2D eigenvalue weighted by atomic mass is 16.3. The summed E-state index contributed by atoms with van der Waals surface area (Å²) >= 11 is 0. The van der Waals surface area contributed by atoms with E-state index in [1.807, 2.05) is 18.2 Å². The zero-order valence-electron chi connectivity index (χ0n) is 31.5. The fourth-order valence-corrected chi connectivity index (χ4v) is 7.59. The monoisotopic (exact) mass is 755 g/mol. The van der Waals surface area contributed by atoms with Crippen molar-refractivity contribution >= 4 is 47.1 Å². The van der Waals surface area contributed by atoms with Crippen molar-refractivity contribution in [2.45, 2.75) is 121 Å². The molecule has 0 saturated heterocycles. The second kappa shape index (κ2) is 19.5. The highest BCUT2D eigenvalue weighted by Gasteiger charge is 2.45. The summed E-state index contributed by atoms with van der Waals surface area (Å²) in [7, 11) is 1.44. The molecule has 1 saturated carbocycles. The smallest absolute Gasteiger partial charge is 0.250 e. The Morgan fingerprint density at radius 2 is 1.65 bits per heavy atom. The van der Waals surface area contributed by atoms with Crippen LogP contribution >= 0.6 is 0 Å². The molecule has 54 heavy (non-hydrogen) atoms. The Bertz CT molecular complexity index is 1560. The van der Waals surface area contributed by atoms with Crippen LogP contribution in [-0.4, -0.2) is 120 Å². The van der Waals surface area contributed by atoms with E-state index in [4.69, 9.17) is 11.5 Å². The number of benzene rings is 1. The van der Waals surface area contributed by atoms with Crippen LogP contribution in [0.1, 0.15) is 82.8 Å². The van der Waals surface area contributed by atoms with Crippen molar-refractivity contribution in [1.82, 2.24) is 26.2 Å². The molecule has 0 radical (unpaired) electrons. The van der Waals surface area contributed by atoms with Gasteiger partial charge in [-0.15, -0.1) is 0 Å². The maximum Gasteiger partial charge on any atom is 0.250 e. The molecule has 1 aromatic carbocycles. The predicted molar refractivity (Wildman–Crippen MR) is 201 cm³/mol. The van der Waals surface area contributed by atoms with Crippen LogP contribution < -0.4 is 37.6 Å². The number of carbonyl (C=O) groups is 6. The average Bonchev–Trinajstić information content (AvgIpc) is 3.49. The van der Waals surface area contributed by atoms with Crippen LogP contribution in [0.5, 0.6) is 0 Å². The summed E-state index contributed by atoms with van der Waals surface area (Å²) < 4.78 is 0. The van der Waals surface area contributed by atoms with Gasteiger partial charge in [0.05, 0.1) is 24.9 Å². The molecule has 1 fully saturated rings. The van der Waals surface area contributed by atoms with E-state index >= 15 is 0 Å². The first-order valence-corrected chi connectivity index (χ1v) is 18.9. The predicted octanol–water partition coefficient (Wildman–Crippen LogP) is -1.29. The number of aliphatic imine (C=N–C) groups is 1.